The van der Waals surface area contributed by atoms with Crippen LogP contribution in [0.1, 0.15) is 49.8 Å². The number of carbonyl (C=O) groups is 1. The van der Waals surface area contributed by atoms with Gasteiger partial charge in [-0.05, 0) is 57.9 Å². The number of aliphatic imine (C=N–C) groups is 1. The fraction of sp³-hybridized carbons (Fsp3) is 0.500. The molecule has 0 aromatic carbocycles. The Bertz CT molecular complexity index is 1430. The number of halogens is 5. The molecule has 3 atom stereocenters. The molecule has 0 radical (unpaired) electrons. The van der Waals surface area contributed by atoms with Gasteiger partial charge in [-0.2, -0.15) is 8.78 Å². The molecule has 0 aliphatic carbocycles. The third kappa shape index (κ3) is 5.03. The predicted molar refractivity (Wildman–Crippen MR) is 134 cm³/mol. The Morgan fingerprint density at radius 2 is 1.97 bits per heavy atom. The first-order chi connectivity index (χ1) is 18.1. The number of ether oxygens (including phenoxy) is 1. The summed E-state index contributed by atoms with van der Waals surface area (Å²) in [6, 6.07) is 4.54. The average molecular weight is 575 g/mol. The first-order valence-electron chi connectivity index (χ1n) is 11.9. The van der Waals surface area contributed by atoms with Crippen molar-refractivity contribution in [1.29, 1.82) is 0 Å². The molecule has 3 N–H and O–H groups in total. The quantitative estimate of drug-likeness (QED) is 0.478. The van der Waals surface area contributed by atoms with E-state index in [1.165, 1.54) is 6.07 Å². The SMILES string of the molecule is CC1(C)C(N)=N[C@](C)(c2nc(NC(=O)c3ccc(OCC(F)(F)C(F)F)cn3)ccc2F)[C@H]2CCCN=[S@]21=O. The number of amidine groups is 1. The maximum atomic E-state index is 15.2. The molecule has 0 unspecified atom stereocenters. The number of hydrogen-bond donors (Lipinski definition) is 2. The molecule has 2 aliphatic heterocycles. The molecular weight excluding hydrogens is 547 g/mol. The van der Waals surface area contributed by atoms with Crippen molar-refractivity contribution in [2.75, 3.05) is 18.5 Å². The van der Waals surface area contributed by atoms with E-state index >= 15 is 4.39 Å². The highest BCUT2D eigenvalue weighted by atomic mass is 32.2. The summed E-state index contributed by atoms with van der Waals surface area (Å²) in [7, 11) is -2.97. The molecule has 4 heterocycles. The van der Waals surface area contributed by atoms with E-state index < -0.39 is 55.9 Å². The lowest BCUT2D eigenvalue weighted by molar-refractivity contribution is -0.148. The Morgan fingerprint density at radius 3 is 2.62 bits per heavy atom. The fourth-order valence-corrected chi connectivity index (χ4v) is 7.77. The molecule has 4 rings (SSSR count). The highest BCUT2D eigenvalue weighted by Gasteiger charge is 2.56. The van der Waals surface area contributed by atoms with Crippen molar-refractivity contribution in [1.82, 2.24) is 9.97 Å². The van der Waals surface area contributed by atoms with Crippen LogP contribution < -0.4 is 15.8 Å². The Morgan fingerprint density at radius 1 is 1.26 bits per heavy atom. The van der Waals surface area contributed by atoms with Crippen LogP contribution in [0.3, 0.4) is 0 Å². The van der Waals surface area contributed by atoms with E-state index in [0.717, 1.165) is 24.4 Å². The van der Waals surface area contributed by atoms with Crippen LogP contribution in [0.2, 0.25) is 0 Å². The van der Waals surface area contributed by atoms with Crippen molar-refractivity contribution in [3.8, 4) is 5.75 Å². The van der Waals surface area contributed by atoms with E-state index in [0.29, 0.717) is 19.4 Å². The molecule has 2 aliphatic rings. The van der Waals surface area contributed by atoms with Crippen LogP contribution in [0, 0.1) is 5.82 Å². The normalized spacial score (nSPS) is 26.3. The van der Waals surface area contributed by atoms with Crippen LogP contribution in [0.4, 0.5) is 27.8 Å². The topological polar surface area (TPSA) is 132 Å². The summed E-state index contributed by atoms with van der Waals surface area (Å²) in [6.45, 7) is 3.81. The molecule has 9 nitrogen and oxygen atoms in total. The lowest BCUT2D eigenvalue weighted by atomic mass is 9.89. The second-order valence-corrected chi connectivity index (χ2v) is 12.9. The number of carbonyl (C=O) groups excluding carboxylic acids is 1. The summed E-state index contributed by atoms with van der Waals surface area (Å²) >= 11 is 0. The van der Waals surface area contributed by atoms with E-state index in [9.17, 15) is 26.6 Å². The fourth-order valence-electron chi connectivity index (χ4n) is 4.54. The van der Waals surface area contributed by atoms with Gasteiger partial charge in [0.25, 0.3) is 5.91 Å². The third-order valence-electron chi connectivity index (χ3n) is 6.91. The number of nitrogens with zero attached hydrogens (tertiary/aromatic N) is 4. The second kappa shape index (κ2) is 9.99. The van der Waals surface area contributed by atoms with Crippen LogP contribution in [-0.4, -0.2) is 61.4 Å². The van der Waals surface area contributed by atoms with Crippen LogP contribution >= 0.6 is 0 Å². The molecule has 212 valence electrons. The molecule has 0 bridgehead atoms. The van der Waals surface area contributed by atoms with Gasteiger partial charge in [0.1, 0.15) is 44.9 Å². The molecule has 0 saturated carbocycles. The van der Waals surface area contributed by atoms with Gasteiger partial charge >= 0.3 is 12.3 Å². The number of rotatable bonds is 7. The molecule has 1 amide bonds. The van der Waals surface area contributed by atoms with Gasteiger partial charge in [0, 0.05) is 6.54 Å². The van der Waals surface area contributed by atoms with Crippen molar-refractivity contribution in [2.45, 2.75) is 61.5 Å². The molecule has 15 heteroatoms. The molecule has 2 aromatic heterocycles. The molecule has 39 heavy (non-hydrogen) atoms. The summed E-state index contributed by atoms with van der Waals surface area (Å²) in [5.41, 5.74) is 4.46. The molecule has 0 saturated heterocycles. The van der Waals surface area contributed by atoms with Crippen molar-refractivity contribution >= 4 is 27.3 Å². The number of nitrogens with one attached hydrogen (secondary N) is 1. The lowest BCUT2D eigenvalue weighted by Gasteiger charge is -2.47. The average Bonchev–Trinajstić information content (AvgIpc) is 2.88. The van der Waals surface area contributed by atoms with E-state index in [-0.39, 0.29) is 28.8 Å². The molecule has 0 fully saturated rings. The number of pyridine rings is 2. The zero-order valence-corrected chi connectivity index (χ0v) is 22.1. The third-order valence-corrected chi connectivity index (χ3v) is 10.6. The summed E-state index contributed by atoms with van der Waals surface area (Å²) in [5.74, 6) is -6.11. The highest BCUT2D eigenvalue weighted by Crippen LogP contribution is 2.47. The van der Waals surface area contributed by atoms with Crippen molar-refractivity contribution in [2.24, 2.45) is 15.1 Å². The lowest BCUT2D eigenvalue weighted by Crippen LogP contribution is -2.60. The summed E-state index contributed by atoms with van der Waals surface area (Å²) in [5, 5.41) is 1.79. The van der Waals surface area contributed by atoms with E-state index in [1.54, 1.807) is 20.8 Å². The predicted octanol–water partition coefficient (Wildman–Crippen LogP) is 4.14. The minimum atomic E-state index is -4.35. The van der Waals surface area contributed by atoms with Gasteiger partial charge in [-0.3, -0.25) is 9.79 Å². The second-order valence-electron chi connectivity index (χ2n) is 9.92. The number of amides is 1. The van der Waals surface area contributed by atoms with E-state index in [4.69, 9.17) is 5.73 Å². The molecule has 2 aromatic rings. The van der Waals surface area contributed by atoms with Gasteiger partial charge in [0.2, 0.25) is 0 Å². The first kappa shape index (κ1) is 28.6. The number of nitrogens with two attached hydrogens (primary N) is 1. The first-order valence-corrected chi connectivity index (χ1v) is 13.5. The standard InChI is InChI=1S/C24H27F5N6O3S/c1-22(2)21(30)35-23(3,16-5-4-10-32-39(16,22)37)18-14(25)7-9-17(33-18)34-19(36)15-8-6-13(11-31-15)38-12-24(28,29)20(26)27/h6-9,11,16,20H,4-5,10,12H2,1-3H3,(H2,30,35)(H,33,34,36)/t16-,23+,39+/m1/s1. The van der Waals surface area contributed by atoms with Crippen molar-refractivity contribution in [3.63, 3.8) is 0 Å². The van der Waals surface area contributed by atoms with Gasteiger partial charge < -0.3 is 15.8 Å². The monoisotopic (exact) mass is 574 g/mol. The zero-order valence-electron chi connectivity index (χ0n) is 21.3. The highest BCUT2D eigenvalue weighted by molar-refractivity contribution is 7.96. The van der Waals surface area contributed by atoms with Crippen molar-refractivity contribution in [3.05, 3.63) is 47.7 Å². The maximum absolute atomic E-state index is 15.2. The largest absolute Gasteiger partial charge is 0.485 e. The number of fused-ring (bicyclic) bond motifs is 1. The van der Waals surface area contributed by atoms with E-state index in [2.05, 4.69) is 29.4 Å². The van der Waals surface area contributed by atoms with Crippen LogP contribution in [-0.2, 0) is 15.3 Å². The van der Waals surface area contributed by atoms with Crippen LogP contribution in [0.15, 0.2) is 39.8 Å². The Labute approximate surface area is 221 Å². The van der Waals surface area contributed by atoms with Crippen molar-refractivity contribution < 1.29 is 35.7 Å². The van der Waals surface area contributed by atoms with Gasteiger partial charge in [0.15, 0.2) is 6.61 Å². The molecule has 0 spiro atoms. The summed E-state index contributed by atoms with van der Waals surface area (Å²) in [6.07, 6.45) is -1.89. The minimum Gasteiger partial charge on any atom is -0.485 e. The number of anilines is 1. The number of alkyl halides is 4. The summed E-state index contributed by atoms with van der Waals surface area (Å²) < 4.78 is 88.0. The zero-order chi connectivity index (χ0) is 28.8. The number of aromatic nitrogens is 2. The Balaban J connectivity index is 1.58. The minimum absolute atomic E-state index is 0.0605. The summed E-state index contributed by atoms with van der Waals surface area (Å²) in [4.78, 5) is 25.4. The van der Waals surface area contributed by atoms with Crippen LogP contribution in [0.5, 0.6) is 5.75 Å². The van der Waals surface area contributed by atoms with Gasteiger partial charge in [-0.15, -0.1) is 0 Å². The van der Waals surface area contributed by atoms with Crippen LogP contribution in [0.25, 0.3) is 0 Å². The van der Waals surface area contributed by atoms with Gasteiger partial charge in [-0.1, -0.05) is 0 Å². The Kier molecular flexibility index (Phi) is 7.34. The van der Waals surface area contributed by atoms with Gasteiger partial charge in [0.05, 0.1) is 21.2 Å². The number of hydrogen-bond acceptors (Lipinski definition) is 8. The Hall–Kier alpha value is -3.36. The van der Waals surface area contributed by atoms with Gasteiger partial charge in [-0.25, -0.2) is 31.7 Å². The maximum Gasteiger partial charge on any atom is 0.340 e. The van der Waals surface area contributed by atoms with E-state index in [1.807, 2.05) is 0 Å². The smallest absolute Gasteiger partial charge is 0.340 e. The molecular formula is C24H27F5N6O3S.